The van der Waals surface area contributed by atoms with Crippen molar-refractivity contribution in [3.05, 3.63) is 96.1 Å². The van der Waals surface area contributed by atoms with Crippen LogP contribution in [0.1, 0.15) is 60.3 Å². The Labute approximate surface area is 220 Å². The molecule has 37 heavy (non-hydrogen) atoms. The van der Waals surface area contributed by atoms with Crippen LogP contribution >= 0.6 is 0 Å². The molecule has 2 amide bonds. The highest BCUT2D eigenvalue weighted by Crippen LogP contribution is 2.29. The van der Waals surface area contributed by atoms with Crippen LogP contribution in [0.5, 0.6) is 0 Å². The number of hydrogen-bond acceptors (Lipinski definition) is 5. The van der Waals surface area contributed by atoms with E-state index < -0.39 is 0 Å². The molecular formula is C30H37N5O2. The van der Waals surface area contributed by atoms with Crippen LogP contribution in [0.3, 0.4) is 0 Å². The summed E-state index contributed by atoms with van der Waals surface area (Å²) in [5.41, 5.74) is 2.85. The molecule has 3 aromatic rings. The summed E-state index contributed by atoms with van der Waals surface area (Å²) in [6, 6.07) is 21.3. The maximum Gasteiger partial charge on any atom is 0.274 e. The smallest absolute Gasteiger partial charge is 0.274 e. The number of carbonyl (C=O) groups excluding carboxylic acids is 2. The lowest BCUT2D eigenvalue weighted by Gasteiger charge is -2.40. The second kappa shape index (κ2) is 13.7. The second-order valence-corrected chi connectivity index (χ2v) is 9.48. The van der Waals surface area contributed by atoms with Crippen molar-refractivity contribution < 1.29 is 9.59 Å². The highest BCUT2D eigenvalue weighted by atomic mass is 16.2. The third-order valence-corrected chi connectivity index (χ3v) is 6.96. The number of rotatable bonds is 11. The number of nitrogens with zero attached hydrogens (tertiary/aromatic N) is 5. The van der Waals surface area contributed by atoms with E-state index in [0.29, 0.717) is 38.3 Å². The van der Waals surface area contributed by atoms with Crippen LogP contribution in [0.15, 0.2) is 79.3 Å². The Morgan fingerprint density at radius 3 is 2.08 bits per heavy atom. The molecule has 0 unspecified atom stereocenters. The third-order valence-electron chi connectivity index (χ3n) is 6.96. The molecule has 0 atom stereocenters. The molecule has 0 bridgehead atoms. The average Bonchev–Trinajstić information content (AvgIpc) is 2.96. The first-order chi connectivity index (χ1) is 18.2. The molecule has 0 radical (unpaired) electrons. The Kier molecular flexibility index (Phi) is 9.77. The van der Waals surface area contributed by atoms with E-state index >= 15 is 0 Å². The van der Waals surface area contributed by atoms with Crippen LogP contribution in [0.4, 0.5) is 0 Å². The van der Waals surface area contributed by atoms with E-state index in [2.05, 4.69) is 70.3 Å². The number of benzene rings is 2. The van der Waals surface area contributed by atoms with Gasteiger partial charge in [0, 0.05) is 58.1 Å². The molecule has 7 nitrogen and oxygen atoms in total. The van der Waals surface area contributed by atoms with Crippen LogP contribution in [-0.2, 0) is 4.79 Å². The van der Waals surface area contributed by atoms with E-state index in [4.69, 9.17) is 0 Å². The predicted octanol–water partition coefficient (Wildman–Crippen LogP) is 4.43. The van der Waals surface area contributed by atoms with Gasteiger partial charge in [-0.15, -0.1) is 0 Å². The zero-order valence-corrected chi connectivity index (χ0v) is 21.7. The van der Waals surface area contributed by atoms with Gasteiger partial charge in [0.05, 0.1) is 12.2 Å². The molecule has 1 aliphatic rings. The highest BCUT2D eigenvalue weighted by Gasteiger charge is 2.28. The summed E-state index contributed by atoms with van der Waals surface area (Å²) < 4.78 is 0. The van der Waals surface area contributed by atoms with Crippen molar-refractivity contribution >= 4 is 11.8 Å². The van der Waals surface area contributed by atoms with Crippen molar-refractivity contribution in [1.82, 2.24) is 24.7 Å². The molecular weight excluding hydrogens is 462 g/mol. The normalized spacial score (nSPS) is 14.1. The lowest BCUT2D eigenvalue weighted by molar-refractivity contribution is -0.133. The minimum atomic E-state index is -0.157. The van der Waals surface area contributed by atoms with Crippen molar-refractivity contribution in [3.63, 3.8) is 0 Å². The van der Waals surface area contributed by atoms with Crippen molar-refractivity contribution in [2.45, 2.75) is 38.6 Å². The zero-order chi connectivity index (χ0) is 25.9. The van der Waals surface area contributed by atoms with E-state index in [-0.39, 0.29) is 17.9 Å². The van der Waals surface area contributed by atoms with Crippen molar-refractivity contribution in [2.24, 2.45) is 0 Å². The Balaban J connectivity index is 1.35. The lowest BCUT2D eigenvalue weighted by atomic mass is 9.96. The standard InChI is InChI=1S/C30H37N5O2/c1-2-3-10-18-35(30(37)27-24-31-16-17-32-27)19-15-28(36)33-20-22-34(23-21-33)29(25-11-6-4-7-12-25)26-13-8-5-9-14-26/h4-9,11-14,16-17,24,29H,2-3,10,15,18-23H2,1H3. The molecule has 1 saturated heterocycles. The SMILES string of the molecule is CCCCCN(CCC(=O)N1CCN(C(c2ccccc2)c2ccccc2)CC1)C(=O)c1cnccn1. The minimum Gasteiger partial charge on any atom is -0.340 e. The predicted molar refractivity (Wildman–Crippen MR) is 145 cm³/mol. The molecule has 2 aromatic carbocycles. The molecule has 7 heteroatoms. The molecule has 4 rings (SSSR count). The summed E-state index contributed by atoms with van der Waals surface area (Å²) in [4.78, 5) is 40.5. The van der Waals surface area contributed by atoms with Crippen LogP contribution in [0.25, 0.3) is 0 Å². The first-order valence-corrected chi connectivity index (χ1v) is 13.3. The fraction of sp³-hybridized carbons (Fsp3) is 0.400. The largest absolute Gasteiger partial charge is 0.340 e. The van der Waals surface area contributed by atoms with Gasteiger partial charge >= 0.3 is 0 Å². The summed E-state index contributed by atoms with van der Waals surface area (Å²) in [6.07, 6.45) is 7.93. The van der Waals surface area contributed by atoms with Crippen LogP contribution in [0.2, 0.25) is 0 Å². The monoisotopic (exact) mass is 499 g/mol. The van der Waals surface area contributed by atoms with Crippen molar-refractivity contribution in [1.29, 1.82) is 0 Å². The van der Waals surface area contributed by atoms with Gasteiger partial charge in [-0.1, -0.05) is 80.4 Å². The van der Waals surface area contributed by atoms with Gasteiger partial charge in [0.2, 0.25) is 5.91 Å². The van der Waals surface area contributed by atoms with Crippen LogP contribution in [0, 0.1) is 0 Å². The van der Waals surface area contributed by atoms with Crippen molar-refractivity contribution in [2.75, 3.05) is 39.3 Å². The number of carbonyl (C=O) groups is 2. The number of hydrogen-bond donors (Lipinski definition) is 0. The average molecular weight is 500 g/mol. The van der Waals surface area contributed by atoms with Gasteiger partial charge in [0.25, 0.3) is 5.91 Å². The van der Waals surface area contributed by atoms with Gasteiger partial charge in [-0.3, -0.25) is 19.5 Å². The number of unbranched alkanes of at least 4 members (excludes halogenated alkanes) is 2. The first-order valence-electron chi connectivity index (χ1n) is 13.3. The van der Waals surface area contributed by atoms with Crippen LogP contribution in [-0.4, -0.2) is 75.8 Å². The molecule has 0 saturated carbocycles. The quantitative estimate of drug-likeness (QED) is 0.365. The number of aromatic nitrogens is 2. The van der Waals surface area contributed by atoms with E-state index in [9.17, 15) is 9.59 Å². The van der Waals surface area contributed by atoms with Gasteiger partial charge < -0.3 is 9.80 Å². The molecule has 1 aliphatic heterocycles. The summed E-state index contributed by atoms with van der Waals surface area (Å²) in [5, 5.41) is 0. The second-order valence-electron chi connectivity index (χ2n) is 9.48. The summed E-state index contributed by atoms with van der Waals surface area (Å²) in [6.45, 7) is 6.14. The fourth-order valence-corrected chi connectivity index (χ4v) is 4.94. The lowest BCUT2D eigenvalue weighted by Crippen LogP contribution is -2.50. The van der Waals surface area contributed by atoms with Gasteiger partial charge in [-0.05, 0) is 17.5 Å². The minimum absolute atomic E-state index is 0.100. The van der Waals surface area contributed by atoms with E-state index in [1.807, 2.05) is 17.0 Å². The van der Waals surface area contributed by atoms with Crippen molar-refractivity contribution in [3.8, 4) is 0 Å². The van der Waals surface area contributed by atoms with Gasteiger partial charge in [0.1, 0.15) is 5.69 Å². The van der Waals surface area contributed by atoms with E-state index in [0.717, 1.165) is 32.4 Å². The molecule has 1 aromatic heterocycles. The molecule has 0 spiro atoms. The summed E-state index contributed by atoms with van der Waals surface area (Å²) in [7, 11) is 0. The van der Waals surface area contributed by atoms with Gasteiger partial charge in [-0.25, -0.2) is 4.98 Å². The molecule has 1 fully saturated rings. The first kappa shape index (κ1) is 26.5. The van der Waals surface area contributed by atoms with E-state index in [1.54, 1.807) is 11.1 Å². The maximum atomic E-state index is 13.1. The topological polar surface area (TPSA) is 69.6 Å². The van der Waals surface area contributed by atoms with E-state index in [1.165, 1.54) is 23.5 Å². The highest BCUT2D eigenvalue weighted by molar-refractivity contribution is 5.92. The molecule has 0 aliphatic carbocycles. The Bertz CT molecular complexity index is 1060. The Morgan fingerprint density at radius 2 is 1.51 bits per heavy atom. The summed E-state index contributed by atoms with van der Waals surface area (Å²) in [5.74, 6) is -0.0570. The Hall–Kier alpha value is -3.58. The van der Waals surface area contributed by atoms with Gasteiger partial charge in [-0.2, -0.15) is 0 Å². The van der Waals surface area contributed by atoms with Gasteiger partial charge in [0.15, 0.2) is 0 Å². The number of amides is 2. The molecule has 0 N–H and O–H groups in total. The number of piperazine rings is 1. The molecule has 194 valence electrons. The van der Waals surface area contributed by atoms with Crippen LogP contribution < -0.4 is 0 Å². The third kappa shape index (κ3) is 7.23. The summed E-state index contributed by atoms with van der Waals surface area (Å²) >= 11 is 0. The maximum absolute atomic E-state index is 13.1. The fourth-order valence-electron chi connectivity index (χ4n) is 4.94. The zero-order valence-electron chi connectivity index (χ0n) is 21.7. The molecule has 2 heterocycles. The Morgan fingerprint density at radius 1 is 0.865 bits per heavy atom.